The average molecular weight is 182 g/mol. The molecule has 0 radical (unpaired) electrons. The molecule has 3 fully saturated rings. The van der Waals surface area contributed by atoms with Gasteiger partial charge in [0.15, 0.2) is 0 Å². The second-order valence-electron chi connectivity index (χ2n) is 4.65. The van der Waals surface area contributed by atoms with Crippen LogP contribution < -0.4 is 5.32 Å². The maximum absolute atomic E-state index is 5.43. The highest BCUT2D eigenvalue weighted by Crippen LogP contribution is 2.29. The first-order valence-electron chi connectivity index (χ1n) is 5.46. The second kappa shape index (κ2) is 3.23. The Morgan fingerprint density at radius 3 is 2.54 bits per heavy atom. The molecule has 3 aliphatic heterocycles. The topological polar surface area (TPSA) is 24.5 Å². The van der Waals surface area contributed by atoms with Crippen LogP contribution in [0.25, 0.3) is 0 Å². The predicted octanol–water partition coefficient (Wildman–Crippen LogP) is -0.0735. The van der Waals surface area contributed by atoms with E-state index in [1.807, 2.05) is 0 Å². The van der Waals surface area contributed by atoms with Crippen molar-refractivity contribution in [3.63, 3.8) is 0 Å². The number of fused-ring (bicyclic) bond motifs is 1. The molecule has 0 aromatic rings. The van der Waals surface area contributed by atoms with Gasteiger partial charge < -0.3 is 10.1 Å². The van der Waals surface area contributed by atoms with E-state index in [2.05, 4.69) is 10.2 Å². The van der Waals surface area contributed by atoms with Gasteiger partial charge in [-0.05, 0) is 31.3 Å². The first-order chi connectivity index (χ1) is 6.43. The molecule has 3 heteroatoms. The lowest BCUT2D eigenvalue weighted by molar-refractivity contribution is 0.154. The summed E-state index contributed by atoms with van der Waals surface area (Å²) >= 11 is 0. The SMILES string of the molecule is C1CC(N2CC3CNCC3C2)CO1. The molecule has 3 aliphatic rings. The molecule has 0 aromatic heterocycles. The third-order valence-corrected chi connectivity index (χ3v) is 3.84. The molecule has 3 heterocycles. The third-order valence-electron chi connectivity index (χ3n) is 3.84. The van der Waals surface area contributed by atoms with E-state index in [9.17, 15) is 0 Å². The number of likely N-dealkylation sites (tertiary alicyclic amines) is 1. The largest absolute Gasteiger partial charge is 0.380 e. The lowest BCUT2D eigenvalue weighted by atomic mass is 10.0. The Morgan fingerprint density at radius 2 is 1.92 bits per heavy atom. The summed E-state index contributed by atoms with van der Waals surface area (Å²) in [6.45, 7) is 7.07. The van der Waals surface area contributed by atoms with Gasteiger partial charge in [0.2, 0.25) is 0 Å². The standard InChI is InChI=1S/C10H18N2O/c1-2-13-7-10(1)12-5-8-3-11-4-9(8)6-12/h8-11H,1-7H2. The molecule has 0 spiro atoms. The van der Waals surface area contributed by atoms with Crippen molar-refractivity contribution < 1.29 is 4.74 Å². The zero-order valence-corrected chi connectivity index (χ0v) is 8.04. The maximum Gasteiger partial charge on any atom is 0.0622 e. The highest BCUT2D eigenvalue weighted by Gasteiger charge is 2.39. The van der Waals surface area contributed by atoms with Crippen LogP contribution in [0.1, 0.15) is 6.42 Å². The Bertz CT molecular complexity index is 179. The average Bonchev–Trinajstić information content (AvgIpc) is 2.78. The highest BCUT2D eigenvalue weighted by molar-refractivity contribution is 4.94. The van der Waals surface area contributed by atoms with Crippen LogP contribution in [0.2, 0.25) is 0 Å². The molecule has 0 aromatic carbocycles. The fraction of sp³-hybridized carbons (Fsp3) is 1.00. The summed E-state index contributed by atoms with van der Waals surface area (Å²) in [4.78, 5) is 2.66. The first kappa shape index (κ1) is 8.21. The van der Waals surface area contributed by atoms with E-state index in [-0.39, 0.29) is 0 Å². The number of hydrogen-bond acceptors (Lipinski definition) is 3. The number of hydrogen-bond donors (Lipinski definition) is 1. The molecule has 3 unspecified atom stereocenters. The molecular formula is C10H18N2O. The zero-order valence-electron chi connectivity index (χ0n) is 8.04. The molecule has 3 atom stereocenters. The molecule has 0 aliphatic carbocycles. The quantitative estimate of drug-likeness (QED) is 0.614. The number of nitrogens with zero attached hydrogens (tertiary/aromatic N) is 1. The van der Waals surface area contributed by atoms with Crippen LogP contribution in [0.3, 0.4) is 0 Å². The molecule has 3 saturated heterocycles. The molecule has 0 amide bonds. The van der Waals surface area contributed by atoms with Crippen molar-refractivity contribution in [1.82, 2.24) is 10.2 Å². The first-order valence-corrected chi connectivity index (χ1v) is 5.46. The van der Waals surface area contributed by atoms with Gasteiger partial charge in [-0.2, -0.15) is 0 Å². The molecule has 3 rings (SSSR count). The normalized spacial score (nSPS) is 45.7. The van der Waals surface area contributed by atoms with E-state index < -0.39 is 0 Å². The minimum atomic E-state index is 0.741. The van der Waals surface area contributed by atoms with Crippen molar-refractivity contribution in [3.05, 3.63) is 0 Å². The Labute approximate surface area is 79.4 Å². The number of ether oxygens (including phenoxy) is 1. The van der Waals surface area contributed by atoms with Gasteiger partial charge in [-0.3, -0.25) is 4.90 Å². The highest BCUT2D eigenvalue weighted by atomic mass is 16.5. The number of rotatable bonds is 1. The van der Waals surface area contributed by atoms with Crippen LogP contribution in [-0.4, -0.2) is 50.3 Å². The maximum atomic E-state index is 5.43. The fourth-order valence-corrected chi connectivity index (χ4v) is 3.00. The summed E-state index contributed by atoms with van der Waals surface area (Å²) in [6.07, 6.45) is 1.26. The lowest BCUT2D eigenvalue weighted by Crippen LogP contribution is -2.35. The zero-order chi connectivity index (χ0) is 8.67. The van der Waals surface area contributed by atoms with Crippen molar-refractivity contribution in [2.75, 3.05) is 39.4 Å². The Balaban J connectivity index is 1.62. The van der Waals surface area contributed by atoms with Crippen molar-refractivity contribution in [2.45, 2.75) is 12.5 Å². The molecule has 3 nitrogen and oxygen atoms in total. The summed E-state index contributed by atoms with van der Waals surface area (Å²) in [6, 6.07) is 0.741. The van der Waals surface area contributed by atoms with Crippen molar-refractivity contribution in [3.8, 4) is 0 Å². The van der Waals surface area contributed by atoms with Crippen LogP contribution >= 0.6 is 0 Å². The minimum absolute atomic E-state index is 0.741. The summed E-state index contributed by atoms with van der Waals surface area (Å²) in [5.74, 6) is 1.86. The predicted molar refractivity (Wildman–Crippen MR) is 50.6 cm³/mol. The summed E-state index contributed by atoms with van der Waals surface area (Å²) < 4.78 is 5.43. The van der Waals surface area contributed by atoms with Crippen molar-refractivity contribution in [1.29, 1.82) is 0 Å². The summed E-state index contributed by atoms with van der Waals surface area (Å²) in [7, 11) is 0. The van der Waals surface area contributed by atoms with Gasteiger partial charge in [-0.1, -0.05) is 0 Å². The Morgan fingerprint density at radius 1 is 1.15 bits per heavy atom. The minimum Gasteiger partial charge on any atom is -0.380 e. The molecule has 13 heavy (non-hydrogen) atoms. The van der Waals surface area contributed by atoms with Gasteiger partial charge in [-0.25, -0.2) is 0 Å². The molecule has 0 bridgehead atoms. The smallest absolute Gasteiger partial charge is 0.0622 e. The van der Waals surface area contributed by atoms with Crippen LogP contribution in [0.4, 0.5) is 0 Å². The lowest BCUT2D eigenvalue weighted by Gasteiger charge is -2.22. The monoisotopic (exact) mass is 182 g/mol. The van der Waals surface area contributed by atoms with E-state index in [4.69, 9.17) is 4.74 Å². The van der Waals surface area contributed by atoms with Crippen molar-refractivity contribution >= 4 is 0 Å². The molecular weight excluding hydrogens is 164 g/mol. The van der Waals surface area contributed by atoms with E-state index >= 15 is 0 Å². The Kier molecular flexibility index (Phi) is 2.04. The Hall–Kier alpha value is -0.120. The molecule has 0 saturated carbocycles. The van der Waals surface area contributed by atoms with Gasteiger partial charge >= 0.3 is 0 Å². The van der Waals surface area contributed by atoms with Crippen LogP contribution in [0.5, 0.6) is 0 Å². The fourth-order valence-electron chi connectivity index (χ4n) is 3.00. The van der Waals surface area contributed by atoms with Gasteiger partial charge in [-0.15, -0.1) is 0 Å². The van der Waals surface area contributed by atoms with E-state index in [1.165, 1.54) is 32.6 Å². The van der Waals surface area contributed by atoms with Crippen molar-refractivity contribution in [2.24, 2.45) is 11.8 Å². The van der Waals surface area contributed by atoms with E-state index in [0.717, 1.165) is 31.1 Å². The van der Waals surface area contributed by atoms with Crippen LogP contribution in [-0.2, 0) is 4.74 Å². The second-order valence-corrected chi connectivity index (χ2v) is 4.65. The van der Waals surface area contributed by atoms with E-state index in [1.54, 1.807) is 0 Å². The molecule has 74 valence electrons. The van der Waals surface area contributed by atoms with Gasteiger partial charge in [0.1, 0.15) is 0 Å². The van der Waals surface area contributed by atoms with Crippen LogP contribution in [0.15, 0.2) is 0 Å². The summed E-state index contributed by atoms with van der Waals surface area (Å²) in [5.41, 5.74) is 0. The summed E-state index contributed by atoms with van der Waals surface area (Å²) in [5, 5.41) is 3.48. The van der Waals surface area contributed by atoms with E-state index in [0.29, 0.717) is 0 Å². The van der Waals surface area contributed by atoms with Gasteiger partial charge in [0.05, 0.1) is 6.61 Å². The number of nitrogens with one attached hydrogen (secondary N) is 1. The third kappa shape index (κ3) is 1.39. The molecule has 1 N–H and O–H groups in total. The van der Waals surface area contributed by atoms with Crippen LogP contribution in [0, 0.1) is 11.8 Å². The van der Waals surface area contributed by atoms with Gasteiger partial charge in [0, 0.05) is 25.7 Å². The van der Waals surface area contributed by atoms with Gasteiger partial charge in [0.25, 0.3) is 0 Å².